The van der Waals surface area contributed by atoms with Gasteiger partial charge in [-0.3, -0.25) is 4.79 Å². The number of benzene rings is 1. The van der Waals surface area contributed by atoms with Crippen molar-refractivity contribution < 1.29 is 18.0 Å². The van der Waals surface area contributed by atoms with Crippen LogP contribution in [-0.4, -0.2) is 11.9 Å². The summed E-state index contributed by atoms with van der Waals surface area (Å²) in [6.45, 7) is 1.95. The van der Waals surface area contributed by atoms with Crippen molar-refractivity contribution in [1.29, 1.82) is 0 Å². The first-order valence-electron chi connectivity index (χ1n) is 6.15. The number of nitrogens with two attached hydrogens (primary N) is 1. The summed E-state index contributed by atoms with van der Waals surface area (Å²) >= 11 is 3.00. The molecule has 3 nitrogen and oxygen atoms in total. The summed E-state index contributed by atoms with van der Waals surface area (Å²) in [4.78, 5) is 11.7. The molecule has 0 saturated carbocycles. The lowest BCUT2D eigenvalue weighted by molar-refractivity contribution is -0.137. The van der Waals surface area contributed by atoms with Gasteiger partial charge >= 0.3 is 6.18 Å². The molecule has 0 heterocycles. The molecule has 0 saturated heterocycles. The fraction of sp³-hybridized carbons (Fsp3) is 0.462. The van der Waals surface area contributed by atoms with E-state index in [9.17, 15) is 18.0 Å². The maximum absolute atomic E-state index is 12.6. The van der Waals surface area contributed by atoms with E-state index in [2.05, 4.69) is 21.2 Å². The lowest BCUT2D eigenvalue weighted by Crippen LogP contribution is -2.27. The average molecular weight is 353 g/mol. The highest BCUT2D eigenvalue weighted by molar-refractivity contribution is 9.10. The lowest BCUT2D eigenvalue weighted by atomic mass is 10.1. The van der Waals surface area contributed by atoms with Crippen LogP contribution in [0.5, 0.6) is 0 Å². The maximum atomic E-state index is 12.6. The topological polar surface area (TPSA) is 55.1 Å². The smallest absolute Gasteiger partial charge is 0.327 e. The number of nitrogens with one attached hydrogen (secondary N) is 1. The first-order chi connectivity index (χ1) is 9.22. The van der Waals surface area contributed by atoms with Gasteiger partial charge in [0.1, 0.15) is 0 Å². The summed E-state index contributed by atoms with van der Waals surface area (Å²) in [6, 6.07) is 2.99. The van der Waals surface area contributed by atoms with Gasteiger partial charge in [-0.25, -0.2) is 0 Å². The highest BCUT2D eigenvalue weighted by Gasteiger charge is 2.31. The van der Waals surface area contributed by atoms with E-state index in [1.807, 2.05) is 6.92 Å². The van der Waals surface area contributed by atoms with E-state index in [-0.39, 0.29) is 22.6 Å². The Labute approximate surface area is 123 Å². The number of amides is 1. The first-order valence-corrected chi connectivity index (χ1v) is 6.95. The molecule has 0 spiro atoms. The fourth-order valence-corrected chi connectivity index (χ4v) is 2.24. The predicted molar refractivity (Wildman–Crippen MR) is 75.3 cm³/mol. The number of hydrogen-bond donors (Lipinski definition) is 2. The van der Waals surface area contributed by atoms with Gasteiger partial charge in [-0.15, -0.1) is 0 Å². The van der Waals surface area contributed by atoms with Crippen molar-refractivity contribution in [1.82, 2.24) is 0 Å². The van der Waals surface area contributed by atoms with Crippen LogP contribution in [0.25, 0.3) is 0 Å². The summed E-state index contributed by atoms with van der Waals surface area (Å²) in [5.74, 6) is -0.392. The van der Waals surface area contributed by atoms with Crippen LogP contribution in [0.3, 0.4) is 0 Å². The molecular formula is C13H16BrF3N2O. The number of hydrogen-bond acceptors (Lipinski definition) is 2. The molecular weight excluding hydrogens is 337 g/mol. The normalized spacial score (nSPS) is 13.1. The third kappa shape index (κ3) is 5.50. The van der Waals surface area contributed by atoms with Crippen molar-refractivity contribution in [2.45, 2.75) is 38.4 Å². The minimum atomic E-state index is -4.46. The van der Waals surface area contributed by atoms with E-state index in [1.54, 1.807) is 0 Å². The van der Waals surface area contributed by atoms with Gasteiger partial charge in [0.25, 0.3) is 0 Å². The Bertz CT molecular complexity index is 477. The highest BCUT2D eigenvalue weighted by Crippen LogP contribution is 2.33. The second-order valence-corrected chi connectivity index (χ2v) is 5.44. The number of carbonyl (C=O) groups is 1. The molecule has 1 amide bonds. The van der Waals surface area contributed by atoms with Gasteiger partial charge in [0.15, 0.2) is 0 Å². The monoisotopic (exact) mass is 352 g/mol. The zero-order valence-corrected chi connectivity index (χ0v) is 12.5. The van der Waals surface area contributed by atoms with Crippen molar-refractivity contribution >= 4 is 27.5 Å². The van der Waals surface area contributed by atoms with E-state index >= 15 is 0 Å². The molecule has 1 rings (SSSR count). The van der Waals surface area contributed by atoms with Crippen LogP contribution in [0.1, 0.15) is 31.7 Å². The third-order valence-corrected chi connectivity index (χ3v) is 3.07. The standard InChI is InChI=1S/C13H16BrF3N2O/c1-2-3-10(18)7-12(20)19-11-5-8(13(15,16)17)4-9(14)6-11/h4-6,10H,2-3,7,18H2,1H3,(H,19,20). The first kappa shape index (κ1) is 17.0. The van der Waals surface area contributed by atoms with E-state index in [4.69, 9.17) is 5.73 Å². The Morgan fingerprint density at radius 1 is 1.40 bits per heavy atom. The number of rotatable bonds is 5. The van der Waals surface area contributed by atoms with Crippen LogP contribution >= 0.6 is 15.9 Å². The summed E-state index contributed by atoms with van der Waals surface area (Å²) in [6.07, 6.45) is -2.83. The zero-order valence-electron chi connectivity index (χ0n) is 10.9. The molecule has 7 heteroatoms. The van der Waals surface area contributed by atoms with Gasteiger partial charge in [0.05, 0.1) is 5.56 Å². The molecule has 112 valence electrons. The van der Waals surface area contributed by atoms with Gasteiger partial charge in [0, 0.05) is 22.6 Å². The molecule has 20 heavy (non-hydrogen) atoms. The van der Waals surface area contributed by atoms with Crippen LogP contribution < -0.4 is 11.1 Å². The van der Waals surface area contributed by atoms with E-state index in [0.29, 0.717) is 6.42 Å². The minimum absolute atomic E-state index is 0.0850. The molecule has 0 aromatic heterocycles. The Hall–Kier alpha value is -1.08. The molecule has 1 atom stereocenters. The van der Waals surface area contributed by atoms with E-state index in [0.717, 1.165) is 18.6 Å². The number of carbonyl (C=O) groups excluding carboxylic acids is 1. The molecule has 0 radical (unpaired) electrons. The molecule has 3 N–H and O–H groups in total. The Morgan fingerprint density at radius 2 is 2.05 bits per heavy atom. The van der Waals surface area contributed by atoms with Crippen molar-refractivity contribution in [3.63, 3.8) is 0 Å². The second-order valence-electron chi connectivity index (χ2n) is 4.53. The van der Waals surface area contributed by atoms with Crippen molar-refractivity contribution in [3.05, 3.63) is 28.2 Å². The number of halogens is 4. The fourth-order valence-electron chi connectivity index (χ4n) is 1.75. The van der Waals surface area contributed by atoms with Crippen LogP contribution in [-0.2, 0) is 11.0 Å². The second kappa shape index (κ2) is 7.08. The SMILES string of the molecule is CCCC(N)CC(=O)Nc1cc(Br)cc(C(F)(F)F)c1. The molecule has 0 fully saturated rings. The van der Waals surface area contributed by atoms with Gasteiger partial charge in [-0.05, 0) is 24.6 Å². The summed E-state index contributed by atoms with van der Waals surface area (Å²) in [7, 11) is 0. The van der Waals surface area contributed by atoms with E-state index < -0.39 is 17.6 Å². The van der Waals surface area contributed by atoms with Crippen LogP contribution in [0, 0.1) is 0 Å². The lowest BCUT2D eigenvalue weighted by Gasteiger charge is -2.13. The van der Waals surface area contributed by atoms with Gasteiger partial charge < -0.3 is 11.1 Å². The zero-order chi connectivity index (χ0) is 15.3. The Balaban J connectivity index is 2.77. The van der Waals surface area contributed by atoms with Gasteiger partial charge in [-0.1, -0.05) is 29.3 Å². The van der Waals surface area contributed by atoms with Crippen LogP contribution in [0.2, 0.25) is 0 Å². The summed E-state index contributed by atoms with van der Waals surface area (Å²) < 4.78 is 38.2. The number of anilines is 1. The highest BCUT2D eigenvalue weighted by atomic mass is 79.9. The maximum Gasteiger partial charge on any atom is 0.416 e. The molecule has 1 aromatic rings. The molecule has 0 aliphatic carbocycles. The molecule has 1 aromatic carbocycles. The quantitative estimate of drug-likeness (QED) is 0.843. The molecule has 0 bridgehead atoms. The Morgan fingerprint density at radius 3 is 2.60 bits per heavy atom. The minimum Gasteiger partial charge on any atom is -0.327 e. The largest absolute Gasteiger partial charge is 0.416 e. The van der Waals surface area contributed by atoms with Crippen LogP contribution in [0.15, 0.2) is 22.7 Å². The summed E-state index contributed by atoms with van der Waals surface area (Å²) in [5.41, 5.74) is 5.00. The predicted octanol–water partition coefficient (Wildman–Crippen LogP) is 3.92. The molecule has 0 aliphatic rings. The Kier molecular flexibility index (Phi) is 6.01. The van der Waals surface area contributed by atoms with Crippen molar-refractivity contribution in [2.24, 2.45) is 5.73 Å². The molecule has 1 unspecified atom stereocenters. The van der Waals surface area contributed by atoms with E-state index in [1.165, 1.54) is 6.07 Å². The third-order valence-electron chi connectivity index (χ3n) is 2.62. The molecule has 0 aliphatic heterocycles. The van der Waals surface area contributed by atoms with Gasteiger partial charge in [0.2, 0.25) is 5.91 Å². The number of alkyl halides is 3. The van der Waals surface area contributed by atoms with Crippen molar-refractivity contribution in [3.8, 4) is 0 Å². The van der Waals surface area contributed by atoms with Gasteiger partial charge in [-0.2, -0.15) is 13.2 Å². The summed E-state index contributed by atoms with van der Waals surface area (Å²) in [5, 5.41) is 2.44. The van der Waals surface area contributed by atoms with Crippen LogP contribution in [0.4, 0.5) is 18.9 Å². The van der Waals surface area contributed by atoms with Crippen molar-refractivity contribution in [2.75, 3.05) is 5.32 Å². The average Bonchev–Trinajstić information content (AvgIpc) is 2.26.